The number of nitrogen functional groups attached to an aromatic ring is 3. The number of hydrogen-bond acceptors (Lipinski definition) is 20. The van der Waals surface area contributed by atoms with Crippen LogP contribution >= 0.6 is 42.6 Å². The number of unbranched alkanes of at least 4 members (excludes halogenated alkanes) is 3. The number of alkyl halides is 3. The third kappa shape index (κ3) is 23.3. The number of rotatable bonds is 38. The van der Waals surface area contributed by atoms with Gasteiger partial charge in [-0.1, -0.05) is 94.6 Å². The van der Waals surface area contributed by atoms with Crippen LogP contribution in [0.5, 0.6) is 23.0 Å². The van der Waals surface area contributed by atoms with Crippen LogP contribution in [0, 0.1) is 13.8 Å². The lowest BCUT2D eigenvalue weighted by Gasteiger charge is -2.14. The van der Waals surface area contributed by atoms with Gasteiger partial charge >= 0.3 is 7.82 Å². The molecule has 0 fully saturated rings. The van der Waals surface area contributed by atoms with E-state index in [0.29, 0.717) is 131 Å². The molecule has 0 radical (unpaired) electrons. The molecule has 0 bridgehead atoms. The minimum Gasteiger partial charge on any atom is -0.508 e. The zero-order valence-corrected chi connectivity index (χ0v) is 68.5. The number of benzene rings is 6. The molecule has 6 aromatic carbocycles. The van der Waals surface area contributed by atoms with Crippen molar-refractivity contribution in [2.75, 3.05) is 94.1 Å². The van der Waals surface area contributed by atoms with E-state index < -0.39 is 7.82 Å². The van der Waals surface area contributed by atoms with Crippen molar-refractivity contribution in [2.45, 2.75) is 131 Å². The molecule has 12 rings (SSSR count). The third-order valence-corrected chi connectivity index (χ3v) is 20.5. The first-order valence-electron chi connectivity index (χ1n) is 38.5. The molecule has 0 aliphatic rings. The minimum absolute atomic E-state index is 0.0484. The van der Waals surface area contributed by atoms with E-state index in [0.717, 1.165) is 170 Å². The summed E-state index contributed by atoms with van der Waals surface area (Å²) in [7, 11) is -4.66. The highest BCUT2D eigenvalue weighted by atomic mass is 35.5. The van der Waals surface area contributed by atoms with Gasteiger partial charge in [0.25, 0.3) is 0 Å². The molecule has 6 heterocycles. The van der Waals surface area contributed by atoms with Gasteiger partial charge in [-0.2, -0.15) is 0 Å². The van der Waals surface area contributed by atoms with Gasteiger partial charge in [-0.25, -0.2) is 34.5 Å². The smallest absolute Gasteiger partial charge is 0.508 e. The molecular weight excluding hydrogens is 1550 g/mol. The number of ether oxygens (including phenoxy) is 3. The average Bonchev–Trinajstić information content (AvgIpc) is 1.62. The lowest BCUT2D eigenvalue weighted by molar-refractivity contribution is -0.119. The summed E-state index contributed by atoms with van der Waals surface area (Å²) >= 11 is 16.4. The summed E-state index contributed by atoms with van der Waals surface area (Å²) < 4.78 is 39.7. The number of hydrogen-bond donors (Lipinski definition) is 11. The second-order valence-electron chi connectivity index (χ2n) is 27.9. The number of aromatic hydroxyl groups is 3. The number of nitrogens with two attached hydrogens (primary N) is 3. The second-order valence-corrected chi connectivity index (χ2v) is 29.9. The molecule has 0 saturated heterocycles. The molecular formula is C83H101Cl3N15O13P. The standard InChI is InChI=1S/C28H35ClN5O6P.C28H34ClN5O3.C27H32ClN5O4/c1-3-4-5-24-33-26-27(34(24)17-20-7-9-23(18(2)14-20)40-41(36,37)38)21-15-19(6-8-22(21)32-28(26)30)10-12-39-13-11-31-25(35)16-29;1-3-4-5-24-33-26-27(34(24)17-20-7-9-23(35)18(2)14-20)21-15-19(6-8-22(21)32-28(26)30)10-12-37-13-11-31-25(36)16-29;1-2-3-7-22-32-24-25(33(22)16-18-5-4-6-21(34)26(18)36)19-14-17(8-9-20(19)31-27(24)29)10-12-37-13-11-30-23(35)15-28/h6-9,14-15H,3-5,10-13,16-17H2,1-2H3,(H2,30,32)(H,31,35)(H2,36,37,38);6-9,14-15,35H,3-5,10-13,16-17H2,1-2H3,(H2,30,32)(H,31,36);4-6,8-9,14,34,36H,2-3,7,10-13,15-16H2,1H3,(H2,29,31)(H,30,35). The molecule has 12 aromatic rings. The van der Waals surface area contributed by atoms with Crippen molar-refractivity contribution in [3.05, 3.63) is 171 Å². The van der Waals surface area contributed by atoms with Crippen LogP contribution < -0.4 is 37.7 Å². The molecule has 32 heteroatoms. The predicted molar refractivity (Wildman–Crippen MR) is 453 cm³/mol. The van der Waals surface area contributed by atoms with Crippen molar-refractivity contribution in [1.29, 1.82) is 0 Å². The van der Waals surface area contributed by atoms with E-state index >= 15 is 0 Å². The quantitative estimate of drug-likeness (QED) is 0.00741. The summed E-state index contributed by atoms with van der Waals surface area (Å²) in [4.78, 5) is 80.7. The summed E-state index contributed by atoms with van der Waals surface area (Å²) in [5.41, 5.74) is 33.5. The normalized spacial score (nSPS) is 11.6. The molecule has 3 amide bonds. The van der Waals surface area contributed by atoms with E-state index in [-0.39, 0.29) is 58.4 Å². The van der Waals surface area contributed by atoms with E-state index in [1.165, 1.54) is 6.07 Å². The predicted octanol–water partition coefficient (Wildman–Crippen LogP) is 12.6. The molecule has 0 unspecified atom stereocenters. The molecule has 28 nitrogen and oxygen atoms in total. The number of amides is 3. The fraction of sp³-hybridized carbons (Fsp3) is 0.386. The average molecular weight is 1650 g/mol. The fourth-order valence-corrected chi connectivity index (χ4v) is 14.2. The number of carbonyl (C=O) groups is 3. The molecule has 0 spiro atoms. The first kappa shape index (κ1) is 87.3. The monoisotopic (exact) mass is 1650 g/mol. The van der Waals surface area contributed by atoms with Gasteiger partial charge in [-0.15, -0.1) is 34.8 Å². The molecule has 0 aliphatic carbocycles. The Morgan fingerprint density at radius 2 is 0.809 bits per heavy atom. The largest absolute Gasteiger partial charge is 0.524 e. The van der Waals surface area contributed by atoms with Gasteiger partial charge in [0.05, 0.1) is 79.3 Å². The molecule has 0 saturated carbocycles. The SMILES string of the molecule is CCCCc1nc2c(N)nc3ccc(CCOCCNC(=O)CCl)cc3c2n1Cc1ccc(O)c(C)c1.CCCCc1nc2c(N)nc3ccc(CCOCCNC(=O)CCl)cc3c2n1Cc1ccc(OP(=O)(O)O)c(C)c1.CCCCc1nc2c(N)nc3ccc(CCOCCNC(=O)CCl)cc3c2n1Cc1cccc(O)c1O. The summed E-state index contributed by atoms with van der Waals surface area (Å²) in [6.45, 7) is 15.5. The van der Waals surface area contributed by atoms with Gasteiger partial charge in [0.2, 0.25) is 17.7 Å². The van der Waals surface area contributed by atoms with Crippen LogP contribution in [0.4, 0.5) is 17.5 Å². The molecule has 115 heavy (non-hydrogen) atoms. The maximum Gasteiger partial charge on any atom is 0.524 e. The van der Waals surface area contributed by atoms with Crippen LogP contribution in [0.15, 0.2) is 109 Å². The van der Waals surface area contributed by atoms with Crippen molar-refractivity contribution < 1.29 is 62.8 Å². The first-order chi connectivity index (χ1) is 55.4. The van der Waals surface area contributed by atoms with Gasteiger partial charge < -0.3 is 80.9 Å². The topological polar surface area (TPSA) is 413 Å². The maximum atomic E-state index is 11.3. The number of phenolic OH excluding ortho intramolecular Hbond substituents is 3. The number of phosphoric ester groups is 1. The van der Waals surface area contributed by atoms with E-state index in [2.05, 4.69) is 83.6 Å². The highest BCUT2D eigenvalue weighted by Gasteiger charge is 2.24. The van der Waals surface area contributed by atoms with Crippen molar-refractivity contribution >= 4 is 144 Å². The number of pyridine rings is 3. The highest BCUT2D eigenvalue weighted by molar-refractivity contribution is 7.46. The van der Waals surface area contributed by atoms with Crippen LogP contribution in [0.3, 0.4) is 0 Å². The minimum atomic E-state index is -4.66. The van der Waals surface area contributed by atoms with Gasteiger partial charge in [-0.05, 0) is 146 Å². The zero-order valence-electron chi connectivity index (χ0n) is 65.3. The van der Waals surface area contributed by atoms with Crippen LogP contribution in [0.1, 0.15) is 121 Å². The number of aromatic nitrogens is 9. The van der Waals surface area contributed by atoms with Crippen molar-refractivity contribution in [3.63, 3.8) is 0 Å². The molecule has 14 N–H and O–H groups in total. The summed E-state index contributed by atoms with van der Waals surface area (Å²) in [6, 6.07) is 34.1. The van der Waals surface area contributed by atoms with Gasteiger partial charge in [0.1, 0.15) is 63.2 Å². The number of aryl methyl sites for hydroxylation is 5. The maximum absolute atomic E-state index is 11.3. The fourth-order valence-electron chi connectivity index (χ4n) is 13.5. The Kier molecular flexibility index (Phi) is 31.8. The van der Waals surface area contributed by atoms with E-state index in [1.807, 2.05) is 61.5 Å². The van der Waals surface area contributed by atoms with E-state index in [4.69, 9.17) is 85.7 Å². The Balaban J connectivity index is 0.000000183. The Labute approximate surface area is 681 Å². The molecule has 0 atom stereocenters. The Hall–Kier alpha value is -10.1. The number of nitrogens with one attached hydrogen (secondary N) is 3. The summed E-state index contributed by atoms with van der Waals surface area (Å²) in [5.74, 6) is 3.17. The number of phenols is 3. The molecule has 0 aliphatic heterocycles. The van der Waals surface area contributed by atoms with Gasteiger partial charge in [0, 0.05) is 73.7 Å². The third-order valence-electron chi connectivity index (χ3n) is 19.3. The Morgan fingerprint density at radius 1 is 0.443 bits per heavy atom. The van der Waals surface area contributed by atoms with Crippen molar-refractivity contribution in [2.24, 2.45) is 0 Å². The van der Waals surface area contributed by atoms with Gasteiger partial charge in [0.15, 0.2) is 29.0 Å². The number of anilines is 3. The second kappa shape index (κ2) is 42.0. The molecule has 612 valence electrons. The van der Waals surface area contributed by atoms with Crippen LogP contribution in [-0.4, -0.2) is 163 Å². The number of para-hydroxylation sites is 1. The van der Waals surface area contributed by atoms with Crippen LogP contribution in [0.2, 0.25) is 0 Å². The number of halogens is 3. The first-order valence-corrected chi connectivity index (χ1v) is 41.6. The lowest BCUT2D eigenvalue weighted by Crippen LogP contribution is -2.28. The van der Waals surface area contributed by atoms with E-state index in [1.54, 1.807) is 37.3 Å². The number of phosphoric acid groups is 1. The Bertz CT molecular complexity index is 5440. The summed E-state index contributed by atoms with van der Waals surface area (Å²) in [5, 5.41) is 41.4. The van der Waals surface area contributed by atoms with Crippen molar-refractivity contribution in [1.82, 2.24) is 59.6 Å². The van der Waals surface area contributed by atoms with E-state index in [9.17, 15) is 44.1 Å². The van der Waals surface area contributed by atoms with Crippen LogP contribution in [-0.2, 0) is 91.3 Å². The highest BCUT2D eigenvalue weighted by Crippen LogP contribution is 2.41. The van der Waals surface area contributed by atoms with Gasteiger partial charge in [-0.3, -0.25) is 24.2 Å². The Morgan fingerprint density at radius 3 is 1.17 bits per heavy atom. The van der Waals surface area contributed by atoms with Crippen LogP contribution in [0.25, 0.3) is 65.8 Å². The van der Waals surface area contributed by atoms with Crippen molar-refractivity contribution in [3.8, 4) is 23.0 Å². The molecule has 6 aromatic heterocycles. The number of carbonyl (C=O) groups excluding carboxylic acids is 3. The lowest BCUT2D eigenvalue weighted by atomic mass is 10.1. The number of nitrogens with zero attached hydrogens (tertiary/aromatic N) is 9. The number of imidazole rings is 3. The zero-order chi connectivity index (χ0) is 82.3. The number of fused-ring (bicyclic) bond motifs is 9. The summed E-state index contributed by atoms with van der Waals surface area (Å²) in [6.07, 6.45) is 10.4.